The topological polar surface area (TPSA) is 0 Å². The molecule has 98 heavy (non-hydrogen) atoms. The summed E-state index contributed by atoms with van der Waals surface area (Å²) in [5.41, 5.74) is 0. The quantitative estimate of drug-likeness (QED) is 0.0937. The van der Waals surface area contributed by atoms with Gasteiger partial charge in [-0.3, -0.25) is 0 Å². The Kier molecular flexibility index (Phi) is 48.5. The maximum Gasteiger partial charge on any atom is 0.112 e. The predicted octanol–water partition coefficient (Wildman–Crippen LogP) is 5.09. The Bertz CT molecular complexity index is 3520. The molecule has 12 aromatic carbocycles. The van der Waals surface area contributed by atoms with E-state index in [-0.39, 0.29) is 136 Å². The van der Waals surface area contributed by atoms with Gasteiger partial charge in [0.25, 0.3) is 0 Å². The Morgan fingerprint density at radius 2 is 0.378 bits per heavy atom. The summed E-state index contributed by atoms with van der Waals surface area (Å²) >= 11 is 0. The van der Waals surface area contributed by atoms with E-state index < -0.39 is 36.3 Å². The van der Waals surface area contributed by atoms with E-state index in [1.807, 2.05) is 0 Å². The molecule has 0 radical (unpaired) electrons. The lowest BCUT2D eigenvalue weighted by atomic mass is 10.3. The Morgan fingerprint density at radius 1 is 0.214 bits per heavy atom. The zero-order valence-electron chi connectivity index (χ0n) is 55.6. The maximum absolute atomic E-state index is 2.41. The first-order valence-corrected chi connectivity index (χ1v) is 43.3. The molecule has 0 aromatic heterocycles. The van der Waals surface area contributed by atoms with Gasteiger partial charge in [-0.25, -0.2) is 0 Å². The minimum atomic E-state index is -1.57. The van der Waals surface area contributed by atoms with Crippen LogP contribution in [0, 0.1) is 0 Å². The van der Waals surface area contributed by atoms with Crippen molar-refractivity contribution in [3.8, 4) is 0 Å². The standard InChI is InChI=1S/C22H24P.C20H20P.C19H18P.C14H16P.C9H14P.4CH4.2BrH.3HI/c1-2-3-19-23(20-13-7-4-8-14-20,21-15-9-5-10-16-21)22-17-11-6-12-18-22;1-2-21(18-12-6-3-7-13-18,19-14-8-4-9-15-19)20-16-10-5-11-17-20;1-20(17-11-5-2-6-12-17,18-13-7-3-8-14-18)19-15-9-4-10-16-19;1-15(2,13-9-5-3-6-10-13)14-11-7-4-8-12-14;1-10(2,3)9-7-5-4-6-8-9;;;;;;;;;/h4-18H,2-3,19H2,1H3;3-17H,2H2,1H3;2-16H,1H3;3-12H,1-2H3;4-8H,1-3H3;4*1H4;5*1H/q5*+1;;;;;;;;;/p-5. The SMILES string of the molecule is C.C.C.C.CCCC[P+](c1ccccc1)(c1ccccc1)c1ccccc1.CC[P+](c1ccccc1)(c1ccccc1)c1ccccc1.C[P+](C)(C)c1ccccc1.C[P+](C)(c1ccccc1)c1ccccc1.C[P+](c1ccccc1)(c1ccccc1)c1ccccc1.[Br-].[Br-].[I-].[I-].[I-]. The van der Waals surface area contributed by atoms with E-state index in [1.54, 1.807) is 0 Å². The van der Waals surface area contributed by atoms with Gasteiger partial charge in [-0.2, -0.15) is 0 Å². The van der Waals surface area contributed by atoms with E-state index in [0.29, 0.717) is 0 Å². The lowest BCUT2D eigenvalue weighted by molar-refractivity contribution is -0.00100. The van der Waals surface area contributed by atoms with Gasteiger partial charge < -0.3 is 106 Å². The third-order valence-corrected chi connectivity index (χ3v) is 34.7. The average molecular weight is 1860 g/mol. The van der Waals surface area contributed by atoms with Crippen LogP contribution in [0.2, 0.25) is 0 Å². The predicted molar refractivity (Wildman–Crippen MR) is 440 cm³/mol. The monoisotopic (exact) mass is 1860 g/mol. The van der Waals surface area contributed by atoms with Crippen molar-refractivity contribution in [2.75, 3.05) is 52.3 Å². The number of hydrogen-bond acceptors (Lipinski definition) is 0. The molecule has 0 aliphatic carbocycles. The highest BCUT2D eigenvalue weighted by molar-refractivity contribution is 7.96. The minimum absolute atomic E-state index is 0. The zero-order valence-corrected chi connectivity index (χ0v) is 69.7. The molecule has 0 unspecified atom stereocenters. The van der Waals surface area contributed by atoms with Crippen molar-refractivity contribution in [3.63, 3.8) is 0 Å². The van der Waals surface area contributed by atoms with Crippen LogP contribution in [0.25, 0.3) is 0 Å². The van der Waals surface area contributed by atoms with E-state index in [9.17, 15) is 0 Å². The molecule has 0 fully saturated rings. The molecule has 12 rings (SSSR count). The summed E-state index contributed by atoms with van der Waals surface area (Å²) in [4.78, 5) is 0. The average Bonchev–Trinajstić information content (AvgIpc) is 0.778. The number of halogens is 5. The van der Waals surface area contributed by atoms with Crippen LogP contribution in [-0.4, -0.2) is 52.3 Å². The van der Waals surface area contributed by atoms with Crippen LogP contribution in [0.5, 0.6) is 0 Å². The minimum Gasteiger partial charge on any atom is -1.00 e. The van der Waals surface area contributed by atoms with Gasteiger partial charge in [-0.05, 0) is 159 Å². The van der Waals surface area contributed by atoms with Crippen LogP contribution >= 0.6 is 36.3 Å². The van der Waals surface area contributed by atoms with Gasteiger partial charge in [-0.1, -0.05) is 261 Å². The Hall–Kier alpha value is -4.06. The fraction of sp³-hybridized carbons (Fsp3) is 0.182. The molecular weight excluding hydrogens is 1750 g/mol. The molecule has 0 aliphatic rings. The van der Waals surface area contributed by atoms with Gasteiger partial charge in [0.1, 0.15) is 69.5 Å². The molecular formula is C88H108Br2I3P5. The first-order valence-electron chi connectivity index (χ1n) is 31.3. The molecule has 0 heterocycles. The van der Waals surface area contributed by atoms with E-state index in [0.717, 1.165) is 6.16 Å². The van der Waals surface area contributed by atoms with Crippen molar-refractivity contribution in [1.82, 2.24) is 0 Å². The van der Waals surface area contributed by atoms with Crippen molar-refractivity contribution in [1.29, 1.82) is 0 Å². The fourth-order valence-electron chi connectivity index (χ4n) is 11.6. The highest BCUT2D eigenvalue weighted by Gasteiger charge is 2.45. The Morgan fingerprint density at radius 3 is 0.541 bits per heavy atom. The summed E-state index contributed by atoms with van der Waals surface area (Å²) in [5.74, 6) is 0. The van der Waals surface area contributed by atoms with Crippen LogP contribution in [0.15, 0.2) is 364 Å². The molecule has 12 aromatic rings. The molecule has 0 N–H and O–H groups in total. The van der Waals surface area contributed by atoms with Crippen LogP contribution in [0.3, 0.4) is 0 Å². The summed E-state index contributed by atoms with van der Waals surface area (Å²) in [6.07, 6.45) is 4.87. The van der Waals surface area contributed by atoms with Crippen molar-refractivity contribution in [2.45, 2.75) is 56.4 Å². The van der Waals surface area contributed by atoms with Gasteiger partial charge in [0.2, 0.25) is 0 Å². The summed E-state index contributed by atoms with van der Waals surface area (Å²) in [5, 5.41) is 17.6. The lowest BCUT2D eigenvalue weighted by Crippen LogP contribution is -3.00. The molecule has 0 nitrogen and oxygen atoms in total. The smallest absolute Gasteiger partial charge is 0.112 e. The molecule has 0 aliphatic heterocycles. The Labute approximate surface area is 671 Å². The fourth-order valence-corrected chi connectivity index (χ4v) is 26.5. The lowest BCUT2D eigenvalue weighted by Gasteiger charge is -2.27. The van der Waals surface area contributed by atoms with E-state index >= 15 is 0 Å². The van der Waals surface area contributed by atoms with Crippen molar-refractivity contribution in [2.24, 2.45) is 0 Å². The summed E-state index contributed by atoms with van der Waals surface area (Å²) in [6.45, 7) is 18.8. The molecule has 0 amide bonds. The molecule has 0 spiro atoms. The second kappa shape index (κ2) is 49.5. The number of benzene rings is 12. The van der Waals surface area contributed by atoms with Gasteiger partial charge in [0.05, 0.1) is 75.5 Å². The van der Waals surface area contributed by atoms with Crippen LogP contribution < -0.4 is 170 Å². The second-order valence-electron chi connectivity index (χ2n) is 23.5. The van der Waals surface area contributed by atoms with Crippen molar-refractivity contribution >= 4 is 100.0 Å². The molecule has 0 saturated carbocycles. The van der Waals surface area contributed by atoms with E-state index in [2.05, 4.69) is 418 Å². The molecule has 0 atom stereocenters. The van der Waals surface area contributed by atoms with Crippen LogP contribution in [-0.2, 0) is 0 Å². The first kappa shape index (κ1) is 96.0. The molecule has 0 saturated heterocycles. The largest absolute Gasteiger partial charge is 1.00 e. The molecule has 0 bridgehead atoms. The van der Waals surface area contributed by atoms with Crippen LogP contribution in [0.4, 0.5) is 0 Å². The normalized spacial score (nSPS) is 10.3. The third-order valence-electron chi connectivity index (χ3n) is 16.7. The van der Waals surface area contributed by atoms with Crippen LogP contribution in [0.1, 0.15) is 56.4 Å². The highest BCUT2D eigenvalue weighted by Crippen LogP contribution is 2.57. The van der Waals surface area contributed by atoms with Crippen molar-refractivity contribution in [3.05, 3.63) is 364 Å². The van der Waals surface area contributed by atoms with Gasteiger partial charge in [0.15, 0.2) is 0 Å². The highest BCUT2D eigenvalue weighted by atomic mass is 127. The zero-order chi connectivity index (χ0) is 62.7. The second-order valence-corrected chi connectivity index (χ2v) is 43.0. The molecule has 10 heteroatoms. The van der Waals surface area contributed by atoms with Gasteiger partial charge in [-0.15, -0.1) is 0 Å². The summed E-state index contributed by atoms with van der Waals surface area (Å²) in [7, 11) is -6.55. The van der Waals surface area contributed by atoms with E-state index in [4.69, 9.17) is 0 Å². The maximum atomic E-state index is 2.41. The Balaban J connectivity index is 0. The first-order chi connectivity index (χ1) is 43.4. The number of unbranched alkanes of at least 4 members (excludes halogenated alkanes) is 1. The summed E-state index contributed by atoms with van der Waals surface area (Å²) in [6, 6.07) is 131. The number of hydrogen-bond donors (Lipinski definition) is 0. The number of rotatable bonds is 16. The summed E-state index contributed by atoms with van der Waals surface area (Å²) < 4.78 is 0. The molecule has 520 valence electrons. The third kappa shape index (κ3) is 25.7. The van der Waals surface area contributed by atoms with Gasteiger partial charge in [0, 0.05) is 7.26 Å². The van der Waals surface area contributed by atoms with Crippen molar-refractivity contribution < 1.29 is 106 Å². The van der Waals surface area contributed by atoms with Gasteiger partial charge >= 0.3 is 0 Å². The van der Waals surface area contributed by atoms with E-state index in [1.165, 1.54) is 82.7 Å².